The Kier molecular flexibility index (Phi) is 2.55. The monoisotopic (exact) mass is 262 g/mol. The molecule has 1 radical (unpaired) electrons. The van der Waals surface area contributed by atoms with Crippen LogP contribution in [-0.2, 0) is 6.18 Å². The predicted octanol–water partition coefficient (Wildman–Crippen LogP) is 4.31. The molecule has 2 nitrogen and oxygen atoms in total. The third kappa shape index (κ3) is 2.19. The zero-order valence-corrected chi connectivity index (χ0v) is 9.53. The Morgan fingerprint density at radius 3 is 2.74 bits per heavy atom. The van der Waals surface area contributed by atoms with Crippen LogP contribution >= 0.6 is 0 Å². The summed E-state index contributed by atoms with van der Waals surface area (Å²) in [6.45, 7) is 0. The SMILES string of the molecule is FC(F)(F)c1cccc(-c2nc3cc[c]cc3o2)c1. The van der Waals surface area contributed by atoms with Gasteiger partial charge in [-0.1, -0.05) is 12.1 Å². The summed E-state index contributed by atoms with van der Waals surface area (Å²) < 4.78 is 43.3. The molecule has 1 heterocycles. The minimum absolute atomic E-state index is 0.167. The largest absolute Gasteiger partial charge is 0.436 e. The van der Waals surface area contributed by atoms with E-state index in [9.17, 15) is 13.2 Å². The van der Waals surface area contributed by atoms with Gasteiger partial charge in [0.05, 0.1) is 5.56 Å². The van der Waals surface area contributed by atoms with Gasteiger partial charge in [-0.2, -0.15) is 13.2 Å². The van der Waals surface area contributed by atoms with E-state index in [4.69, 9.17) is 4.42 Å². The average Bonchev–Trinajstić information content (AvgIpc) is 2.81. The van der Waals surface area contributed by atoms with Crippen LogP contribution in [0.5, 0.6) is 0 Å². The highest BCUT2D eigenvalue weighted by atomic mass is 19.4. The maximum atomic E-state index is 12.6. The highest BCUT2D eigenvalue weighted by Gasteiger charge is 2.30. The fourth-order valence-corrected chi connectivity index (χ4v) is 1.77. The summed E-state index contributed by atoms with van der Waals surface area (Å²) in [6.07, 6.45) is -4.38. The fourth-order valence-electron chi connectivity index (χ4n) is 1.77. The van der Waals surface area contributed by atoms with E-state index in [1.54, 1.807) is 18.2 Å². The number of nitrogens with zero attached hydrogens (tertiary/aromatic N) is 1. The number of benzene rings is 2. The molecule has 0 aliphatic carbocycles. The van der Waals surface area contributed by atoms with Crippen molar-refractivity contribution in [1.29, 1.82) is 0 Å². The molecule has 0 saturated carbocycles. The van der Waals surface area contributed by atoms with Crippen molar-refractivity contribution in [2.45, 2.75) is 6.18 Å². The Morgan fingerprint density at radius 2 is 2.00 bits per heavy atom. The normalized spacial score (nSPS) is 11.9. The molecule has 2 aromatic carbocycles. The highest BCUT2D eigenvalue weighted by molar-refractivity contribution is 5.75. The van der Waals surface area contributed by atoms with Crippen molar-refractivity contribution in [3.63, 3.8) is 0 Å². The molecule has 3 rings (SSSR count). The quantitative estimate of drug-likeness (QED) is 0.653. The second-order valence-corrected chi connectivity index (χ2v) is 3.99. The van der Waals surface area contributed by atoms with Crippen molar-refractivity contribution >= 4 is 11.1 Å². The maximum absolute atomic E-state index is 12.6. The molecule has 0 spiro atoms. The molecule has 0 amide bonds. The summed E-state index contributed by atoms with van der Waals surface area (Å²) in [7, 11) is 0. The third-order valence-electron chi connectivity index (χ3n) is 2.67. The first-order valence-corrected chi connectivity index (χ1v) is 5.48. The Hall–Kier alpha value is -2.30. The van der Waals surface area contributed by atoms with E-state index < -0.39 is 11.7 Å². The lowest BCUT2D eigenvalue weighted by molar-refractivity contribution is -0.137. The number of hydrogen-bond donors (Lipinski definition) is 0. The predicted molar refractivity (Wildman–Crippen MR) is 63.3 cm³/mol. The van der Waals surface area contributed by atoms with Gasteiger partial charge in [0.1, 0.15) is 5.52 Å². The first-order valence-electron chi connectivity index (χ1n) is 5.48. The molecule has 0 saturated heterocycles. The standard InChI is InChI=1S/C14H7F3NO/c15-14(16,17)10-5-3-4-9(8-10)13-18-11-6-1-2-7-12(11)19-13/h1,3-8H. The number of alkyl halides is 3. The molecule has 0 aliphatic rings. The van der Waals surface area contributed by atoms with Gasteiger partial charge >= 0.3 is 6.18 Å². The van der Waals surface area contributed by atoms with E-state index in [1.165, 1.54) is 12.1 Å². The van der Waals surface area contributed by atoms with Crippen molar-refractivity contribution in [2.75, 3.05) is 0 Å². The van der Waals surface area contributed by atoms with Gasteiger partial charge in [-0.15, -0.1) is 0 Å². The van der Waals surface area contributed by atoms with Crippen LogP contribution in [0.15, 0.2) is 46.9 Å². The van der Waals surface area contributed by atoms with Crippen molar-refractivity contribution in [3.05, 3.63) is 54.1 Å². The van der Waals surface area contributed by atoms with Crippen LogP contribution in [-0.4, -0.2) is 4.98 Å². The van der Waals surface area contributed by atoms with Crippen LogP contribution in [0.25, 0.3) is 22.6 Å². The second-order valence-electron chi connectivity index (χ2n) is 3.99. The summed E-state index contributed by atoms with van der Waals surface area (Å²) in [5.41, 5.74) is 0.658. The topological polar surface area (TPSA) is 26.0 Å². The van der Waals surface area contributed by atoms with E-state index in [1.807, 2.05) is 0 Å². The minimum atomic E-state index is -4.38. The van der Waals surface area contributed by atoms with E-state index in [0.717, 1.165) is 12.1 Å². The van der Waals surface area contributed by atoms with Crippen LogP contribution in [0.3, 0.4) is 0 Å². The number of oxazole rings is 1. The van der Waals surface area contributed by atoms with Crippen molar-refractivity contribution < 1.29 is 17.6 Å². The van der Waals surface area contributed by atoms with Gasteiger partial charge in [0, 0.05) is 5.56 Å². The number of aromatic nitrogens is 1. The van der Waals surface area contributed by atoms with Gasteiger partial charge in [-0.05, 0) is 36.4 Å². The van der Waals surface area contributed by atoms with Crippen molar-refractivity contribution in [3.8, 4) is 11.5 Å². The number of fused-ring (bicyclic) bond motifs is 1. The summed E-state index contributed by atoms with van der Waals surface area (Å²) >= 11 is 0. The molecular formula is C14H7F3NO. The molecule has 0 N–H and O–H groups in total. The van der Waals surface area contributed by atoms with Crippen molar-refractivity contribution in [2.24, 2.45) is 0 Å². The Labute approximate surface area is 106 Å². The second kappa shape index (κ2) is 4.12. The zero-order chi connectivity index (χ0) is 13.5. The van der Waals surface area contributed by atoms with Gasteiger partial charge in [-0.25, -0.2) is 4.98 Å². The third-order valence-corrected chi connectivity index (χ3v) is 2.67. The van der Waals surface area contributed by atoms with E-state index in [-0.39, 0.29) is 5.89 Å². The first kappa shape index (κ1) is 11.8. The molecule has 5 heteroatoms. The highest BCUT2D eigenvalue weighted by Crippen LogP contribution is 2.32. The van der Waals surface area contributed by atoms with Crippen molar-refractivity contribution in [1.82, 2.24) is 4.98 Å². The number of rotatable bonds is 1. The Balaban J connectivity index is 2.11. The average molecular weight is 262 g/mol. The number of hydrogen-bond acceptors (Lipinski definition) is 2. The fraction of sp³-hybridized carbons (Fsp3) is 0.0714. The summed E-state index contributed by atoms with van der Waals surface area (Å²) in [6, 6.07) is 12.7. The minimum Gasteiger partial charge on any atom is -0.436 e. The molecule has 0 unspecified atom stereocenters. The van der Waals surface area contributed by atoms with Crippen LogP contribution in [0.4, 0.5) is 13.2 Å². The summed E-state index contributed by atoms with van der Waals surface area (Å²) in [5.74, 6) is 0.167. The van der Waals surface area contributed by atoms with E-state index in [0.29, 0.717) is 16.7 Å². The Morgan fingerprint density at radius 1 is 1.16 bits per heavy atom. The molecule has 0 atom stereocenters. The summed E-state index contributed by atoms with van der Waals surface area (Å²) in [5, 5.41) is 0. The summed E-state index contributed by atoms with van der Waals surface area (Å²) in [4.78, 5) is 4.15. The van der Waals surface area contributed by atoms with Crippen LogP contribution in [0.1, 0.15) is 5.56 Å². The Bertz CT molecular complexity index is 698. The number of halogens is 3. The molecular weight excluding hydrogens is 255 g/mol. The molecule has 95 valence electrons. The molecule has 1 aromatic heterocycles. The van der Waals surface area contributed by atoms with Gasteiger partial charge in [0.15, 0.2) is 5.58 Å². The van der Waals surface area contributed by atoms with E-state index >= 15 is 0 Å². The lowest BCUT2D eigenvalue weighted by Gasteiger charge is -2.06. The van der Waals surface area contributed by atoms with Crippen LogP contribution < -0.4 is 0 Å². The van der Waals surface area contributed by atoms with Crippen LogP contribution in [0.2, 0.25) is 0 Å². The smallest absolute Gasteiger partial charge is 0.416 e. The first-order chi connectivity index (χ1) is 9.04. The molecule has 3 aromatic rings. The van der Waals surface area contributed by atoms with Gasteiger partial charge < -0.3 is 4.42 Å². The zero-order valence-electron chi connectivity index (χ0n) is 9.53. The van der Waals surface area contributed by atoms with E-state index in [2.05, 4.69) is 11.1 Å². The molecule has 0 aliphatic heterocycles. The van der Waals surface area contributed by atoms with Gasteiger partial charge in [-0.3, -0.25) is 0 Å². The molecule has 0 bridgehead atoms. The lowest BCUT2D eigenvalue weighted by Crippen LogP contribution is -2.04. The van der Waals surface area contributed by atoms with Crippen LogP contribution in [0, 0.1) is 6.07 Å². The molecule has 19 heavy (non-hydrogen) atoms. The lowest BCUT2D eigenvalue weighted by atomic mass is 10.1. The maximum Gasteiger partial charge on any atom is 0.416 e. The van der Waals surface area contributed by atoms with Gasteiger partial charge in [0.2, 0.25) is 5.89 Å². The van der Waals surface area contributed by atoms with Gasteiger partial charge in [0.25, 0.3) is 0 Å². The molecule has 0 fully saturated rings.